The van der Waals surface area contributed by atoms with Crippen molar-refractivity contribution in [1.82, 2.24) is 0 Å². The average Bonchev–Trinajstić information content (AvgIpc) is 3.78. The lowest BCUT2D eigenvalue weighted by atomic mass is 9.98. The van der Waals surface area contributed by atoms with Gasteiger partial charge in [-0.1, -0.05) is 140 Å². The number of hydrogen-bond acceptors (Lipinski definition) is 3. The van der Waals surface area contributed by atoms with Crippen molar-refractivity contribution < 1.29 is 4.42 Å². The Labute approximate surface area is 300 Å². The molecule has 0 aliphatic carbocycles. The van der Waals surface area contributed by atoms with Crippen LogP contribution in [-0.2, 0) is 0 Å². The normalized spacial score (nSPS) is 11.5. The molecule has 0 radical (unpaired) electrons. The van der Waals surface area contributed by atoms with Gasteiger partial charge in [-0.2, -0.15) is 0 Å². The van der Waals surface area contributed by atoms with Gasteiger partial charge in [0.2, 0.25) is 0 Å². The smallest absolute Gasteiger partial charge is 0.135 e. The van der Waals surface area contributed by atoms with E-state index in [9.17, 15) is 0 Å². The predicted molar refractivity (Wildman–Crippen MR) is 218 cm³/mol. The van der Waals surface area contributed by atoms with E-state index >= 15 is 0 Å². The maximum Gasteiger partial charge on any atom is 0.135 e. The molecule has 0 aliphatic rings. The van der Waals surface area contributed by atoms with E-state index in [1.165, 1.54) is 48.1 Å². The largest absolute Gasteiger partial charge is 0.456 e. The monoisotopic (exact) mass is 669 g/mol. The Balaban J connectivity index is 1.17. The molecular formula is C48H31NOS. The molecule has 2 heterocycles. The van der Waals surface area contributed by atoms with Crippen LogP contribution in [0, 0.1) is 0 Å². The van der Waals surface area contributed by atoms with Crippen LogP contribution in [0.2, 0.25) is 0 Å². The first-order valence-corrected chi connectivity index (χ1v) is 18.1. The minimum Gasteiger partial charge on any atom is -0.456 e. The van der Waals surface area contributed by atoms with Gasteiger partial charge >= 0.3 is 0 Å². The van der Waals surface area contributed by atoms with E-state index in [2.05, 4.69) is 181 Å². The second kappa shape index (κ2) is 12.2. The number of fused-ring (bicyclic) bond motifs is 6. The Morgan fingerprint density at radius 2 is 0.922 bits per heavy atom. The average molecular weight is 670 g/mol. The van der Waals surface area contributed by atoms with Crippen molar-refractivity contribution in [3.63, 3.8) is 0 Å². The first-order chi connectivity index (χ1) is 25.3. The van der Waals surface area contributed by atoms with Crippen LogP contribution < -0.4 is 4.90 Å². The lowest BCUT2D eigenvalue weighted by Crippen LogP contribution is -2.11. The summed E-state index contributed by atoms with van der Waals surface area (Å²) in [6, 6.07) is 67.5. The number of furan rings is 1. The molecule has 2 nitrogen and oxygen atoms in total. The summed E-state index contributed by atoms with van der Waals surface area (Å²) >= 11 is 1.87. The molecule has 0 bridgehead atoms. The summed E-state index contributed by atoms with van der Waals surface area (Å²) in [6.07, 6.45) is 0. The van der Waals surface area contributed by atoms with E-state index in [4.69, 9.17) is 4.42 Å². The van der Waals surface area contributed by atoms with Gasteiger partial charge in [0.1, 0.15) is 11.2 Å². The third kappa shape index (κ3) is 5.10. The number of thiophene rings is 1. The minimum atomic E-state index is 0.909. The van der Waals surface area contributed by atoms with Crippen LogP contribution in [0.4, 0.5) is 17.1 Å². The first-order valence-electron chi connectivity index (χ1n) is 17.3. The van der Waals surface area contributed by atoms with Crippen LogP contribution in [-0.4, -0.2) is 0 Å². The summed E-state index contributed by atoms with van der Waals surface area (Å²) in [5.74, 6) is 0. The predicted octanol–water partition coefficient (Wildman–Crippen LogP) is 14.4. The van der Waals surface area contributed by atoms with Crippen molar-refractivity contribution in [1.29, 1.82) is 0 Å². The van der Waals surface area contributed by atoms with Crippen molar-refractivity contribution in [2.24, 2.45) is 0 Å². The Bertz CT molecular complexity index is 2830. The lowest BCUT2D eigenvalue weighted by molar-refractivity contribution is 0.669. The van der Waals surface area contributed by atoms with Crippen LogP contribution >= 0.6 is 11.3 Å². The van der Waals surface area contributed by atoms with Gasteiger partial charge in [0, 0.05) is 43.2 Å². The van der Waals surface area contributed by atoms with Gasteiger partial charge in [0.05, 0.1) is 10.4 Å². The molecule has 2 aromatic heterocycles. The van der Waals surface area contributed by atoms with E-state index in [1.54, 1.807) is 0 Å². The van der Waals surface area contributed by atoms with Gasteiger partial charge in [-0.15, -0.1) is 11.3 Å². The number of rotatable bonds is 6. The third-order valence-corrected chi connectivity index (χ3v) is 11.1. The van der Waals surface area contributed by atoms with Crippen molar-refractivity contribution in [3.05, 3.63) is 188 Å². The van der Waals surface area contributed by atoms with Crippen molar-refractivity contribution in [2.75, 3.05) is 4.90 Å². The fourth-order valence-electron chi connectivity index (χ4n) is 7.40. The number of nitrogens with zero attached hydrogens (tertiary/aromatic N) is 1. The van der Waals surface area contributed by atoms with E-state index in [0.29, 0.717) is 0 Å². The number of para-hydroxylation sites is 1. The zero-order valence-electron chi connectivity index (χ0n) is 27.7. The van der Waals surface area contributed by atoms with Gasteiger partial charge < -0.3 is 9.32 Å². The summed E-state index contributed by atoms with van der Waals surface area (Å²) in [4.78, 5) is 2.45. The van der Waals surface area contributed by atoms with Crippen LogP contribution in [0.1, 0.15) is 0 Å². The Hall–Kier alpha value is -6.42. The SMILES string of the molecule is c1ccc(-c2ccc(N(c3ccc(-c4ccc5oc6ccccc6c5c4)cc3)c3c(-c4ccccc4)ccc4c3sc3ccccc34)cc2)cc1. The molecule has 0 atom stereocenters. The van der Waals surface area contributed by atoms with Crippen LogP contribution in [0.3, 0.4) is 0 Å². The Kier molecular flexibility index (Phi) is 7.04. The summed E-state index contributed by atoms with van der Waals surface area (Å²) in [6.45, 7) is 0. The second-order valence-electron chi connectivity index (χ2n) is 12.9. The highest BCUT2D eigenvalue weighted by Gasteiger charge is 2.23. The van der Waals surface area contributed by atoms with Gasteiger partial charge in [0.15, 0.2) is 0 Å². The summed E-state index contributed by atoms with van der Waals surface area (Å²) in [5, 5.41) is 4.83. The molecule has 0 aliphatic heterocycles. The van der Waals surface area contributed by atoms with Gasteiger partial charge in [-0.25, -0.2) is 0 Å². The number of benzene rings is 8. The van der Waals surface area contributed by atoms with E-state index in [-0.39, 0.29) is 0 Å². The standard InChI is InChI=1S/C48H31NOS/c1-3-11-32(12-4-1)33-19-24-37(25-20-33)49(38-26-21-34(22-27-38)36-23-30-45-43(31-36)40-15-7-9-17-44(40)50-45)47-39(35-13-5-2-6-14-35)28-29-42-41-16-8-10-18-46(41)51-48(42)47/h1-31H. The molecule has 0 amide bonds. The maximum atomic E-state index is 6.13. The van der Waals surface area contributed by atoms with E-state index in [1.807, 2.05) is 23.5 Å². The molecule has 10 rings (SSSR count). The number of hydrogen-bond donors (Lipinski definition) is 0. The molecule has 0 spiro atoms. The summed E-state index contributed by atoms with van der Waals surface area (Å²) in [5.41, 5.74) is 12.3. The van der Waals surface area contributed by atoms with Crippen LogP contribution in [0.5, 0.6) is 0 Å². The highest BCUT2D eigenvalue weighted by Crippen LogP contribution is 2.50. The summed E-state index contributed by atoms with van der Waals surface area (Å²) in [7, 11) is 0. The molecular weight excluding hydrogens is 639 g/mol. The molecule has 0 saturated carbocycles. The lowest BCUT2D eigenvalue weighted by Gasteiger charge is -2.29. The van der Waals surface area contributed by atoms with Gasteiger partial charge in [-0.3, -0.25) is 0 Å². The highest BCUT2D eigenvalue weighted by molar-refractivity contribution is 7.26. The van der Waals surface area contributed by atoms with Crippen molar-refractivity contribution in [2.45, 2.75) is 0 Å². The Morgan fingerprint density at radius 1 is 0.373 bits per heavy atom. The topological polar surface area (TPSA) is 16.4 Å². The zero-order valence-corrected chi connectivity index (χ0v) is 28.5. The molecule has 0 N–H and O–H groups in total. The fourth-order valence-corrected chi connectivity index (χ4v) is 8.64. The molecule has 0 fully saturated rings. The molecule has 0 saturated heterocycles. The van der Waals surface area contributed by atoms with Crippen LogP contribution in [0.25, 0.3) is 75.5 Å². The van der Waals surface area contributed by atoms with Crippen LogP contribution in [0.15, 0.2) is 192 Å². The number of anilines is 3. The molecule has 8 aromatic carbocycles. The molecule has 240 valence electrons. The van der Waals surface area contributed by atoms with Gasteiger partial charge in [0.25, 0.3) is 0 Å². The fraction of sp³-hybridized carbons (Fsp3) is 0. The van der Waals surface area contributed by atoms with Crippen molar-refractivity contribution >= 4 is 70.5 Å². The first kappa shape index (κ1) is 29.5. The molecule has 51 heavy (non-hydrogen) atoms. The van der Waals surface area contributed by atoms with Crippen molar-refractivity contribution in [3.8, 4) is 33.4 Å². The molecule has 0 unspecified atom stereocenters. The van der Waals surface area contributed by atoms with E-state index in [0.717, 1.165) is 44.4 Å². The zero-order chi connectivity index (χ0) is 33.7. The molecule has 10 aromatic rings. The van der Waals surface area contributed by atoms with Gasteiger partial charge in [-0.05, 0) is 76.3 Å². The highest BCUT2D eigenvalue weighted by atomic mass is 32.1. The molecule has 3 heteroatoms. The second-order valence-corrected chi connectivity index (χ2v) is 14.0. The summed E-state index contributed by atoms with van der Waals surface area (Å²) < 4.78 is 8.68. The minimum absolute atomic E-state index is 0.909. The Morgan fingerprint density at radius 3 is 1.65 bits per heavy atom. The maximum absolute atomic E-state index is 6.13. The van der Waals surface area contributed by atoms with E-state index < -0.39 is 0 Å². The quantitative estimate of drug-likeness (QED) is 0.175. The third-order valence-electron chi connectivity index (χ3n) is 9.90.